The highest BCUT2D eigenvalue weighted by atomic mass is 35.5. The summed E-state index contributed by atoms with van der Waals surface area (Å²) >= 11 is 12.1. The Kier molecular flexibility index (Phi) is 5.80. The normalized spacial score (nSPS) is 11.0. The van der Waals surface area contributed by atoms with E-state index in [9.17, 15) is 4.79 Å². The van der Waals surface area contributed by atoms with E-state index in [0.29, 0.717) is 45.3 Å². The van der Waals surface area contributed by atoms with Crippen LogP contribution in [-0.4, -0.2) is 25.9 Å². The standard InChI is InChI=1S/C22H19Cl2N5O2/c1-12-7-8-17(24)10-18(12)25-21(30)20-13(2)29(28-27-20)11-19-14(3)31-22(26-19)15-5-4-6-16(23)9-15/h4-10H,11H2,1-3H3,(H,25,30). The molecule has 0 saturated carbocycles. The fourth-order valence-electron chi connectivity index (χ4n) is 3.09. The first-order chi connectivity index (χ1) is 14.8. The van der Waals surface area contributed by atoms with Gasteiger partial charge in [-0.25, -0.2) is 9.67 Å². The van der Waals surface area contributed by atoms with Gasteiger partial charge in [0.25, 0.3) is 5.91 Å². The van der Waals surface area contributed by atoms with Crippen LogP contribution in [0.15, 0.2) is 46.9 Å². The second-order valence-electron chi connectivity index (χ2n) is 7.13. The van der Waals surface area contributed by atoms with Crippen LogP contribution in [0.25, 0.3) is 11.5 Å². The number of nitrogens with one attached hydrogen (secondary N) is 1. The molecule has 2 aromatic carbocycles. The van der Waals surface area contributed by atoms with Gasteiger partial charge in [-0.2, -0.15) is 0 Å². The maximum absolute atomic E-state index is 12.7. The first kappa shape index (κ1) is 21.1. The molecule has 0 saturated heterocycles. The molecule has 0 spiro atoms. The molecular formula is C22H19Cl2N5O2. The Morgan fingerprint density at radius 2 is 1.87 bits per heavy atom. The van der Waals surface area contributed by atoms with Crippen molar-refractivity contribution in [3.8, 4) is 11.5 Å². The molecule has 0 aliphatic heterocycles. The van der Waals surface area contributed by atoms with Gasteiger partial charge in [-0.1, -0.05) is 40.5 Å². The van der Waals surface area contributed by atoms with Crippen LogP contribution in [0.5, 0.6) is 0 Å². The van der Waals surface area contributed by atoms with Gasteiger partial charge in [-0.3, -0.25) is 4.79 Å². The number of hydrogen-bond acceptors (Lipinski definition) is 5. The van der Waals surface area contributed by atoms with Gasteiger partial charge in [-0.05, 0) is 56.7 Å². The Labute approximate surface area is 189 Å². The fraction of sp³-hybridized carbons (Fsp3) is 0.182. The van der Waals surface area contributed by atoms with E-state index < -0.39 is 0 Å². The van der Waals surface area contributed by atoms with Crippen molar-refractivity contribution < 1.29 is 9.21 Å². The van der Waals surface area contributed by atoms with Gasteiger partial charge in [0.2, 0.25) is 5.89 Å². The summed E-state index contributed by atoms with van der Waals surface area (Å²) in [5.74, 6) is 0.776. The van der Waals surface area contributed by atoms with Gasteiger partial charge >= 0.3 is 0 Å². The second-order valence-corrected chi connectivity index (χ2v) is 8.00. The lowest BCUT2D eigenvalue weighted by Gasteiger charge is -2.08. The summed E-state index contributed by atoms with van der Waals surface area (Å²) in [6.45, 7) is 5.82. The lowest BCUT2D eigenvalue weighted by molar-refractivity contribution is 0.102. The Balaban J connectivity index is 1.55. The van der Waals surface area contributed by atoms with Crippen LogP contribution in [0.1, 0.15) is 33.2 Å². The van der Waals surface area contributed by atoms with Crippen LogP contribution < -0.4 is 5.32 Å². The third-order valence-electron chi connectivity index (χ3n) is 4.91. The number of aromatic nitrogens is 4. The number of carbonyl (C=O) groups is 1. The topological polar surface area (TPSA) is 85.8 Å². The van der Waals surface area contributed by atoms with E-state index in [1.54, 1.807) is 35.9 Å². The maximum atomic E-state index is 12.7. The summed E-state index contributed by atoms with van der Waals surface area (Å²) in [6.07, 6.45) is 0. The molecule has 9 heteroatoms. The number of oxazole rings is 1. The molecule has 0 fully saturated rings. The molecule has 0 radical (unpaired) electrons. The third kappa shape index (κ3) is 4.47. The highest BCUT2D eigenvalue weighted by molar-refractivity contribution is 6.31. The van der Waals surface area contributed by atoms with Crippen molar-refractivity contribution in [2.24, 2.45) is 0 Å². The molecule has 7 nitrogen and oxygen atoms in total. The van der Waals surface area contributed by atoms with Crippen LogP contribution in [0.2, 0.25) is 10.0 Å². The van der Waals surface area contributed by atoms with E-state index in [4.69, 9.17) is 27.6 Å². The van der Waals surface area contributed by atoms with Crippen LogP contribution in [0.3, 0.4) is 0 Å². The number of hydrogen-bond donors (Lipinski definition) is 1. The third-order valence-corrected chi connectivity index (χ3v) is 5.38. The molecule has 2 heterocycles. The molecule has 4 rings (SSSR count). The summed E-state index contributed by atoms with van der Waals surface area (Å²) in [4.78, 5) is 17.3. The number of aryl methyl sites for hydroxylation is 2. The SMILES string of the molecule is Cc1ccc(Cl)cc1NC(=O)c1nnn(Cc2nc(-c3cccc(Cl)c3)oc2C)c1C. The second kappa shape index (κ2) is 8.53. The first-order valence-electron chi connectivity index (χ1n) is 9.51. The van der Waals surface area contributed by atoms with Crippen molar-refractivity contribution in [3.63, 3.8) is 0 Å². The fourth-order valence-corrected chi connectivity index (χ4v) is 3.45. The Morgan fingerprint density at radius 3 is 2.65 bits per heavy atom. The summed E-state index contributed by atoms with van der Waals surface area (Å²) in [6, 6.07) is 12.6. The monoisotopic (exact) mass is 455 g/mol. The number of rotatable bonds is 5. The number of amides is 1. The van der Waals surface area contributed by atoms with Crippen LogP contribution in [0, 0.1) is 20.8 Å². The highest BCUT2D eigenvalue weighted by Crippen LogP contribution is 2.25. The number of anilines is 1. The van der Waals surface area contributed by atoms with Crippen LogP contribution >= 0.6 is 23.2 Å². The van der Waals surface area contributed by atoms with Gasteiger partial charge in [0.1, 0.15) is 11.5 Å². The minimum atomic E-state index is -0.356. The first-order valence-corrected chi connectivity index (χ1v) is 10.3. The molecule has 0 aliphatic rings. The zero-order chi connectivity index (χ0) is 22.1. The van der Waals surface area contributed by atoms with E-state index in [1.807, 2.05) is 32.0 Å². The lowest BCUT2D eigenvalue weighted by atomic mass is 10.2. The summed E-state index contributed by atoms with van der Waals surface area (Å²) in [5, 5.41) is 12.2. The largest absolute Gasteiger partial charge is 0.441 e. The van der Waals surface area contributed by atoms with Crippen LogP contribution in [0.4, 0.5) is 5.69 Å². The molecule has 1 N–H and O–H groups in total. The Bertz CT molecular complexity index is 1280. The Hall–Kier alpha value is -3.16. The predicted octanol–water partition coefficient (Wildman–Crippen LogP) is 5.47. The predicted molar refractivity (Wildman–Crippen MR) is 120 cm³/mol. The van der Waals surface area contributed by atoms with Gasteiger partial charge in [0, 0.05) is 21.3 Å². The van der Waals surface area contributed by atoms with E-state index in [2.05, 4.69) is 20.6 Å². The van der Waals surface area contributed by atoms with Crippen molar-refractivity contribution in [2.75, 3.05) is 5.32 Å². The van der Waals surface area contributed by atoms with Crippen molar-refractivity contribution in [2.45, 2.75) is 27.3 Å². The molecule has 0 bridgehead atoms. The summed E-state index contributed by atoms with van der Waals surface area (Å²) in [7, 11) is 0. The molecule has 0 atom stereocenters. The molecule has 0 unspecified atom stereocenters. The lowest BCUT2D eigenvalue weighted by Crippen LogP contribution is -2.15. The minimum absolute atomic E-state index is 0.232. The average Bonchev–Trinajstić information content (AvgIpc) is 3.28. The number of benzene rings is 2. The van der Waals surface area contributed by atoms with Gasteiger partial charge in [-0.15, -0.1) is 5.10 Å². The molecule has 31 heavy (non-hydrogen) atoms. The van der Waals surface area contributed by atoms with Crippen molar-refractivity contribution >= 4 is 34.8 Å². The van der Waals surface area contributed by atoms with E-state index >= 15 is 0 Å². The smallest absolute Gasteiger partial charge is 0.278 e. The van der Waals surface area contributed by atoms with Crippen molar-refractivity contribution in [3.05, 3.63) is 80.9 Å². The molecule has 4 aromatic rings. The quantitative estimate of drug-likeness (QED) is 0.431. The van der Waals surface area contributed by atoms with Crippen molar-refractivity contribution in [1.29, 1.82) is 0 Å². The van der Waals surface area contributed by atoms with Gasteiger partial charge < -0.3 is 9.73 Å². The number of nitrogens with zero attached hydrogens (tertiary/aromatic N) is 4. The zero-order valence-electron chi connectivity index (χ0n) is 17.1. The van der Waals surface area contributed by atoms with Gasteiger partial charge in [0.15, 0.2) is 5.69 Å². The Morgan fingerprint density at radius 1 is 1.10 bits per heavy atom. The summed E-state index contributed by atoms with van der Waals surface area (Å²) in [5.41, 5.74) is 3.86. The van der Waals surface area contributed by atoms with E-state index in [-0.39, 0.29) is 11.6 Å². The van der Waals surface area contributed by atoms with E-state index in [0.717, 1.165) is 11.1 Å². The number of halogens is 2. The molecule has 2 aromatic heterocycles. The molecule has 0 aliphatic carbocycles. The molecule has 1 amide bonds. The zero-order valence-corrected chi connectivity index (χ0v) is 18.6. The maximum Gasteiger partial charge on any atom is 0.278 e. The van der Waals surface area contributed by atoms with Gasteiger partial charge in [0.05, 0.1) is 12.2 Å². The average molecular weight is 456 g/mol. The summed E-state index contributed by atoms with van der Waals surface area (Å²) < 4.78 is 7.42. The number of carbonyl (C=O) groups excluding carboxylic acids is 1. The highest BCUT2D eigenvalue weighted by Gasteiger charge is 2.20. The molecule has 158 valence electrons. The minimum Gasteiger partial charge on any atom is -0.441 e. The molecular weight excluding hydrogens is 437 g/mol. The van der Waals surface area contributed by atoms with Crippen molar-refractivity contribution in [1.82, 2.24) is 20.0 Å². The van der Waals surface area contributed by atoms with Crippen LogP contribution in [-0.2, 0) is 6.54 Å². The van der Waals surface area contributed by atoms with E-state index in [1.165, 1.54) is 0 Å².